The Morgan fingerprint density at radius 2 is 1.90 bits per heavy atom. The largest absolute Gasteiger partial charge is 0.491 e. The van der Waals surface area contributed by atoms with Crippen LogP contribution in [-0.4, -0.2) is 13.2 Å². The summed E-state index contributed by atoms with van der Waals surface area (Å²) in [5, 5.41) is 0. The van der Waals surface area contributed by atoms with Gasteiger partial charge in [-0.1, -0.05) is 6.07 Å². The van der Waals surface area contributed by atoms with Crippen molar-refractivity contribution in [2.24, 2.45) is 0 Å². The predicted octanol–water partition coefficient (Wildman–Crippen LogP) is 4.10. The van der Waals surface area contributed by atoms with Crippen molar-refractivity contribution in [3.8, 4) is 5.75 Å². The predicted molar refractivity (Wildman–Crippen MR) is 81.1 cm³/mol. The van der Waals surface area contributed by atoms with Crippen LogP contribution in [0.2, 0.25) is 0 Å². The highest BCUT2D eigenvalue weighted by Gasteiger charge is 2.15. The van der Waals surface area contributed by atoms with Crippen LogP contribution in [0.3, 0.4) is 0 Å². The molecule has 2 rings (SSSR count). The van der Waals surface area contributed by atoms with Crippen molar-refractivity contribution in [2.45, 2.75) is 13.8 Å². The fourth-order valence-electron chi connectivity index (χ4n) is 2.19. The highest BCUT2D eigenvalue weighted by Crippen LogP contribution is 2.35. The van der Waals surface area contributed by atoms with Gasteiger partial charge in [-0.2, -0.15) is 0 Å². The minimum Gasteiger partial charge on any atom is -0.491 e. The highest BCUT2D eigenvalue weighted by atomic mass is 19.1. The molecule has 0 aliphatic heterocycles. The van der Waals surface area contributed by atoms with E-state index in [1.54, 1.807) is 30.0 Å². The average molecular weight is 292 g/mol. The van der Waals surface area contributed by atoms with E-state index in [-0.39, 0.29) is 17.3 Å². The first-order valence-electron chi connectivity index (χ1n) is 6.81. The molecule has 0 atom stereocenters. The molecule has 0 fully saturated rings. The van der Waals surface area contributed by atoms with Crippen molar-refractivity contribution in [3.63, 3.8) is 0 Å². The maximum Gasteiger partial charge on any atom is 0.167 e. The lowest BCUT2D eigenvalue weighted by Gasteiger charge is -2.25. The molecule has 0 spiro atoms. The Morgan fingerprint density at radius 3 is 2.52 bits per heavy atom. The van der Waals surface area contributed by atoms with Crippen LogP contribution >= 0.6 is 0 Å². The Labute approximate surface area is 122 Å². The van der Waals surface area contributed by atoms with Crippen molar-refractivity contribution in [3.05, 3.63) is 48.0 Å². The Hall–Kier alpha value is -2.30. The van der Waals surface area contributed by atoms with Crippen molar-refractivity contribution < 1.29 is 13.5 Å². The summed E-state index contributed by atoms with van der Waals surface area (Å²) in [7, 11) is 0. The molecule has 2 N–H and O–H groups in total. The number of halogens is 2. The molecule has 0 aliphatic carbocycles. The molecule has 0 unspecified atom stereocenters. The molecule has 5 heteroatoms. The number of nitrogens with zero attached hydrogens (tertiary/aromatic N) is 1. The zero-order chi connectivity index (χ0) is 15.4. The third kappa shape index (κ3) is 3.24. The molecule has 0 saturated carbocycles. The van der Waals surface area contributed by atoms with Gasteiger partial charge >= 0.3 is 0 Å². The Morgan fingerprint density at radius 1 is 1.14 bits per heavy atom. The number of ether oxygens (including phenoxy) is 1. The van der Waals surface area contributed by atoms with Gasteiger partial charge in [0.1, 0.15) is 5.82 Å². The number of nitrogen functional groups attached to an aromatic ring is 1. The summed E-state index contributed by atoms with van der Waals surface area (Å²) in [4.78, 5) is 1.81. The molecule has 0 aromatic heterocycles. The van der Waals surface area contributed by atoms with E-state index in [0.29, 0.717) is 24.5 Å². The number of anilines is 3. The number of benzene rings is 2. The van der Waals surface area contributed by atoms with E-state index < -0.39 is 5.82 Å². The summed E-state index contributed by atoms with van der Waals surface area (Å²) in [6.07, 6.45) is 0. The van der Waals surface area contributed by atoms with Gasteiger partial charge in [0.15, 0.2) is 11.6 Å². The first-order chi connectivity index (χ1) is 10.1. The molecule has 112 valence electrons. The zero-order valence-corrected chi connectivity index (χ0v) is 12.1. The quantitative estimate of drug-likeness (QED) is 0.843. The molecule has 2 aromatic rings. The van der Waals surface area contributed by atoms with Crippen molar-refractivity contribution in [2.75, 3.05) is 23.8 Å². The topological polar surface area (TPSA) is 38.5 Å². The van der Waals surface area contributed by atoms with Gasteiger partial charge < -0.3 is 15.4 Å². The molecule has 0 bridgehead atoms. The summed E-state index contributed by atoms with van der Waals surface area (Å²) in [6.45, 7) is 4.60. The van der Waals surface area contributed by atoms with E-state index in [4.69, 9.17) is 10.5 Å². The fourth-order valence-corrected chi connectivity index (χ4v) is 2.19. The molecule has 0 aliphatic rings. The average Bonchev–Trinajstić information content (AvgIpc) is 2.44. The molecule has 3 nitrogen and oxygen atoms in total. The van der Waals surface area contributed by atoms with E-state index >= 15 is 0 Å². The number of nitrogens with two attached hydrogens (primary N) is 1. The first kappa shape index (κ1) is 15.1. The summed E-state index contributed by atoms with van der Waals surface area (Å²) in [5.41, 5.74) is 7.43. The van der Waals surface area contributed by atoms with Gasteiger partial charge in [0, 0.05) is 24.4 Å². The SMILES string of the molecule is CCOc1cc(N(CC)c2cccc(F)c2)c(N)cc1F. The zero-order valence-electron chi connectivity index (χ0n) is 12.1. The number of hydrogen-bond acceptors (Lipinski definition) is 3. The van der Waals surface area contributed by atoms with Crippen LogP contribution in [0.25, 0.3) is 0 Å². The van der Waals surface area contributed by atoms with Gasteiger partial charge in [-0.3, -0.25) is 0 Å². The Balaban J connectivity index is 2.49. The van der Waals surface area contributed by atoms with E-state index in [9.17, 15) is 8.78 Å². The lowest BCUT2D eigenvalue weighted by Crippen LogP contribution is -2.18. The van der Waals surface area contributed by atoms with Gasteiger partial charge in [0.05, 0.1) is 18.0 Å². The Kier molecular flexibility index (Phi) is 4.62. The van der Waals surface area contributed by atoms with Crippen molar-refractivity contribution in [1.29, 1.82) is 0 Å². The Bertz CT molecular complexity index is 632. The molecule has 21 heavy (non-hydrogen) atoms. The van der Waals surface area contributed by atoms with E-state index in [0.717, 1.165) is 0 Å². The fraction of sp³-hybridized carbons (Fsp3) is 0.250. The van der Waals surface area contributed by atoms with Crippen LogP contribution < -0.4 is 15.4 Å². The third-order valence-corrected chi connectivity index (χ3v) is 3.11. The van der Waals surface area contributed by atoms with Crippen LogP contribution in [0.15, 0.2) is 36.4 Å². The smallest absolute Gasteiger partial charge is 0.167 e. The monoisotopic (exact) mass is 292 g/mol. The maximum atomic E-state index is 13.8. The molecule has 2 aromatic carbocycles. The van der Waals surface area contributed by atoms with Gasteiger partial charge in [-0.25, -0.2) is 8.78 Å². The molecule has 0 heterocycles. The van der Waals surface area contributed by atoms with Gasteiger partial charge in [0.25, 0.3) is 0 Å². The standard InChI is InChI=1S/C16H18F2N2O/c1-3-20(12-7-5-6-11(17)8-12)15-10-16(21-4-2)13(18)9-14(15)19/h5-10H,3-4,19H2,1-2H3. The summed E-state index contributed by atoms with van der Waals surface area (Å²) in [6, 6.07) is 8.95. The van der Waals surface area contributed by atoms with Crippen LogP contribution in [0, 0.1) is 11.6 Å². The van der Waals surface area contributed by atoms with Gasteiger partial charge in [-0.05, 0) is 32.0 Å². The summed E-state index contributed by atoms with van der Waals surface area (Å²) in [5.74, 6) is -0.707. The maximum absolute atomic E-state index is 13.8. The van der Waals surface area contributed by atoms with E-state index in [1.807, 2.05) is 6.92 Å². The third-order valence-electron chi connectivity index (χ3n) is 3.11. The summed E-state index contributed by atoms with van der Waals surface area (Å²) < 4.78 is 32.4. The molecule has 0 radical (unpaired) electrons. The number of hydrogen-bond donors (Lipinski definition) is 1. The molecule has 0 saturated heterocycles. The molecule has 0 amide bonds. The lowest BCUT2D eigenvalue weighted by atomic mass is 10.2. The minimum atomic E-state index is -0.506. The van der Waals surface area contributed by atoms with Crippen LogP contribution in [-0.2, 0) is 0 Å². The summed E-state index contributed by atoms with van der Waals surface area (Å²) >= 11 is 0. The minimum absolute atomic E-state index is 0.136. The van der Waals surface area contributed by atoms with Crippen molar-refractivity contribution in [1.82, 2.24) is 0 Å². The number of rotatable bonds is 5. The molecular weight excluding hydrogens is 274 g/mol. The second-order valence-corrected chi connectivity index (χ2v) is 4.50. The van der Waals surface area contributed by atoms with Crippen LogP contribution in [0.1, 0.15) is 13.8 Å². The van der Waals surface area contributed by atoms with Crippen LogP contribution in [0.4, 0.5) is 25.8 Å². The normalized spacial score (nSPS) is 10.5. The lowest BCUT2D eigenvalue weighted by molar-refractivity contribution is 0.322. The second-order valence-electron chi connectivity index (χ2n) is 4.50. The van der Waals surface area contributed by atoms with E-state index in [1.165, 1.54) is 18.2 Å². The highest BCUT2D eigenvalue weighted by molar-refractivity contribution is 5.76. The molecular formula is C16H18F2N2O. The van der Waals surface area contributed by atoms with Crippen molar-refractivity contribution >= 4 is 17.1 Å². The van der Waals surface area contributed by atoms with Gasteiger partial charge in [-0.15, -0.1) is 0 Å². The first-order valence-corrected chi connectivity index (χ1v) is 6.81. The van der Waals surface area contributed by atoms with Gasteiger partial charge in [0.2, 0.25) is 0 Å². The second kappa shape index (κ2) is 6.43. The van der Waals surface area contributed by atoms with Crippen LogP contribution in [0.5, 0.6) is 5.75 Å². The van der Waals surface area contributed by atoms with E-state index in [2.05, 4.69) is 0 Å².